The minimum atomic E-state index is -1.13. The van der Waals surface area contributed by atoms with Crippen LogP contribution in [0.2, 0.25) is 0 Å². The van der Waals surface area contributed by atoms with Gasteiger partial charge in [0.25, 0.3) is 0 Å². The highest BCUT2D eigenvalue weighted by molar-refractivity contribution is 6.04. The summed E-state index contributed by atoms with van der Waals surface area (Å²) in [4.78, 5) is 25.5. The van der Waals surface area contributed by atoms with Crippen molar-refractivity contribution in [3.05, 3.63) is 12.7 Å². The largest absolute Gasteiger partial charge is 0.465 e. The Labute approximate surface area is 217 Å². The lowest BCUT2D eigenvalue weighted by Gasteiger charge is -2.15. The third-order valence-electron chi connectivity index (χ3n) is 7.49. The highest BCUT2D eigenvalue weighted by Crippen LogP contribution is 2.55. The van der Waals surface area contributed by atoms with E-state index in [4.69, 9.17) is 9.47 Å². The number of ether oxygens (including phenoxy) is 2. The molecule has 0 amide bonds. The van der Waals surface area contributed by atoms with Crippen molar-refractivity contribution in [1.82, 2.24) is 0 Å². The van der Waals surface area contributed by atoms with Crippen LogP contribution >= 0.6 is 0 Å². The maximum Gasteiger partial charge on any atom is 0.324 e. The molecule has 0 aromatic heterocycles. The number of allylic oxidation sites excluding steroid dienone is 1. The summed E-state index contributed by atoms with van der Waals surface area (Å²) in [6.07, 6.45) is 27.0. The molecule has 0 N–H and O–H groups in total. The average molecular weight is 493 g/mol. The molecular formula is C31H56O4. The molecule has 0 bridgehead atoms. The van der Waals surface area contributed by atoms with Gasteiger partial charge in [0.2, 0.25) is 0 Å². The Kier molecular flexibility index (Phi) is 18.9. The van der Waals surface area contributed by atoms with Gasteiger partial charge in [-0.2, -0.15) is 0 Å². The molecule has 4 heteroatoms. The second-order valence-corrected chi connectivity index (χ2v) is 10.7. The summed E-state index contributed by atoms with van der Waals surface area (Å²) >= 11 is 0. The quantitative estimate of drug-likeness (QED) is 0.0552. The van der Waals surface area contributed by atoms with E-state index in [-0.39, 0.29) is 5.92 Å². The molecule has 1 atom stereocenters. The van der Waals surface area contributed by atoms with Gasteiger partial charge in [0, 0.05) is 5.92 Å². The third kappa shape index (κ3) is 13.5. The normalized spacial score (nSPS) is 16.1. The molecular weight excluding hydrogens is 436 g/mol. The molecule has 0 radical (unpaired) electrons. The molecule has 204 valence electrons. The second kappa shape index (κ2) is 20.8. The molecule has 1 rings (SSSR count). The Morgan fingerprint density at radius 3 is 1.23 bits per heavy atom. The van der Waals surface area contributed by atoms with Crippen LogP contribution in [0.3, 0.4) is 0 Å². The standard InChI is InChI=1S/C31H56O4/c1-4-7-9-11-13-15-17-19-21-23-25-34-29(32)31(27-28(31)6-3)30(33)35-26-24-22-20-18-16-14-12-10-8-5-2/h6,28H,3-5,7-27H2,1-2H3. The zero-order valence-electron chi connectivity index (χ0n) is 23.3. The predicted octanol–water partition coefficient (Wildman–Crippen LogP) is 9.11. The molecule has 0 aromatic carbocycles. The minimum absolute atomic E-state index is 0.150. The van der Waals surface area contributed by atoms with Gasteiger partial charge >= 0.3 is 11.9 Å². The molecule has 1 saturated carbocycles. The number of esters is 2. The molecule has 0 saturated heterocycles. The monoisotopic (exact) mass is 492 g/mol. The molecule has 1 unspecified atom stereocenters. The fourth-order valence-corrected chi connectivity index (χ4v) is 4.89. The van der Waals surface area contributed by atoms with Crippen LogP contribution in [0.25, 0.3) is 0 Å². The van der Waals surface area contributed by atoms with E-state index < -0.39 is 17.4 Å². The van der Waals surface area contributed by atoms with Gasteiger partial charge in [-0.3, -0.25) is 9.59 Å². The molecule has 0 aromatic rings. The van der Waals surface area contributed by atoms with Crippen LogP contribution in [0.4, 0.5) is 0 Å². The van der Waals surface area contributed by atoms with Crippen LogP contribution in [0.5, 0.6) is 0 Å². The van der Waals surface area contributed by atoms with Crippen molar-refractivity contribution in [3.8, 4) is 0 Å². The van der Waals surface area contributed by atoms with Crippen molar-refractivity contribution in [2.45, 2.75) is 149 Å². The van der Waals surface area contributed by atoms with Crippen molar-refractivity contribution >= 4 is 11.9 Å². The molecule has 1 aliphatic carbocycles. The van der Waals surface area contributed by atoms with E-state index in [1.165, 1.54) is 103 Å². The first-order valence-corrected chi connectivity index (χ1v) is 15.1. The van der Waals surface area contributed by atoms with Gasteiger partial charge < -0.3 is 9.47 Å². The average Bonchev–Trinajstić information content (AvgIpc) is 3.62. The predicted molar refractivity (Wildman–Crippen MR) is 146 cm³/mol. The lowest BCUT2D eigenvalue weighted by molar-refractivity contribution is -0.165. The highest BCUT2D eigenvalue weighted by atomic mass is 16.6. The molecule has 4 nitrogen and oxygen atoms in total. The summed E-state index contributed by atoms with van der Waals surface area (Å²) in [7, 11) is 0. The van der Waals surface area contributed by atoms with Gasteiger partial charge in [0.1, 0.15) is 0 Å². The first-order valence-electron chi connectivity index (χ1n) is 15.1. The first kappa shape index (κ1) is 31.7. The number of hydrogen-bond acceptors (Lipinski definition) is 4. The Bertz CT molecular complexity index is 518. The molecule has 1 aliphatic rings. The molecule has 0 heterocycles. The van der Waals surface area contributed by atoms with E-state index >= 15 is 0 Å². The van der Waals surface area contributed by atoms with Crippen LogP contribution in [0, 0.1) is 11.3 Å². The second-order valence-electron chi connectivity index (χ2n) is 10.7. The van der Waals surface area contributed by atoms with Gasteiger partial charge in [-0.25, -0.2) is 0 Å². The number of carbonyl (C=O) groups excluding carboxylic acids is 2. The first-order chi connectivity index (χ1) is 17.1. The zero-order chi connectivity index (χ0) is 25.6. The summed E-state index contributed by atoms with van der Waals surface area (Å²) in [5.74, 6) is -0.972. The number of rotatable bonds is 25. The summed E-state index contributed by atoms with van der Waals surface area (Å²) < 4.78 is 11.0. The molecule has 0 spiro atoms. The number of unbranched alkanes of at least 4 members (excludes halogenated alkanes) is 18. The van der Waals surface area contributed by atoms with Crippen LogP contribution < -0.4 is 0 Å². The summed E-state index contributed by atoms with van der Waals surface area (Å²) in [6.45, 7) is 9.08. The summed E-state index contributed by atoms with van der Waals surface area (Å²) in [5.41, 5.74) is -1.13. The minimum Gasteiger partial charge on any atom is -0.465 e. The van der Waals surface area contributed by atoms with E-state index in [0.29, 0.717) is 19.6 Å². The number of hydrogen-bond donors (Lipinski definition) is 0. The smallest absolute Gasteiger partial charge is 0.324 e. The summed E-state index contributed by atoms with van der Waals surface area (Å²) in [5, 5.41) is 0. The van der Waals surface area contributed by atoms with Crippen molar-refractivity contribution < 1.29 is 19.1 Å². The Balaban J connectivity index is 2.10. The van der Waals surface area contributed by atoms with Gasteiger partial charge in [-0.05, 0) is 19.3 Å². The lowest BCUT2D eigenvalue weighted by atomic mass is 10.0. The van der Waals surface area contributed by atoms with E-state index in [1.807, 2.05) is 0 Å². The topological polar surface area (TPSA) is 52.6 Å². The van der Waals surface area contributed by atoms with E-state index in [2.05, 4.69) is 20.4 Å². The maximum atomic E-state index is 12.7. The van der Waals surface area contributed by atoms with E-state index in [9.17, 15) is 9.59 Å². The Morgan fingerprint density at radius 2 is 0.943 bits per heavy atom. The lowest BCUT2D eigenvalue weighted by Crippen LogP contribution is -2.32. The zero-order valence-corrected chi connectivity index (χ0v) is 23.3. The Hall–Kier alpha value is -1.32. The van der Waals surface area contributed by atoms with E-state index in [1.54, 1.807) is 6.08 Å². The number of carbonyl (C=O) groups is 2. The van der Waals surface area contributed by atoms with E-state index in [0.717, 1.165) is 25.7 Å². The van der Waals surface area contributed by atoms with Gasteiger partial charge in [-0.1, -0.05) is 135 Å². The highest BCUT2D eigenvalue weighted by Gasteiger charge is 2.67. The SMILES string of the molecule is C=CC1CC1(C(=O)OCCCCCCCCCCCC)C(=O)OCCCCCCCCCCCC. The van der Waals surface area contributed by atoms with Gasteiger partial charge in [0.05, 0.1) is 13.2 Å². The fraction of sp³-hybridized carbons (Fsp3) is 0.871. The molecule has 35 heavy (non-hydrogen) atoms. The van der Waals surface area contributed by atoms with Crippen LogP contribution in [-0.4, -0.2) is 25.2 Å². The van der Waals surface area contributed by atoms with Gasteiger partial charge in [0.15, 0.2) is 5.41 Å². The van der Waals surface area contributed by atoms with Crippen LogP contribution in [-0.2, 0) is 19.1 Å². The molecule has 1 fully saturated rings. The maximum absolute atomic E-state index is 12.7. The van der Waals surface area contributed by atoms with Crippen molar-refractivity contribution in [2.75, 3.05) is 13.2 Å². The van der Waals surface area contributed by atoms with Crippen LogP contribution in [0.15, 0.2) is 12.7 Å². The molecule has 0 aliphatic heterocycles. The van der Waals surface area contributed by atoms with Crippen molar-refractivity contribution in [2.24, 2.45) is 11.3 Å². The van der Waals surface area contributed by atoms with Crippen molar-refractivity contribution in [1.29, 1.82) is 0 Å². The Morgan fingerprint density at radius 1 is 0.629 bits per heavy atom. The van der Waals surface area contributed by atoms with Crippen molar-refractivity contribution in [3.63, 3.8) is 0 Å². The van der Waals surface area contributed by atoms with Gasteiger partial charge in [-0.15, -0.1) is 6.58 Å². The van der Waals surface area contributed by atoms with Crippen LogP contribution in [0.1, 0.15) is 149 Å². The fourth-order valence-electron chi connectivity index (χ4n) is 4.89. The third-order valence-corrected chi connectivity index (χ3v) is 7.49. The summed E-state index contributed by atoms with van der Waals surface area (Å²) in [6, 6.07) is 0.